The van der Waals surface area contributed by atoms with Crippen molar-refractivity contribution in [2.45, 2.75) is 32.1 Å². The summed E-state index contributed by atoms with van der Waals surface area (Å²) in [6.45, 7) is 6.38. The number of hydrogen-bond donors (Lipinski definition) is 0. The second-order valence-corrected chi connectivity index (χ2v) is 13.5. The summed E-state index contributed by atoms with van der Waals surface area (Å²) >= 11 is 6.54. The maximum Gasteiger partial charge on any atom is 0.296 e. The van der Waals surface area contributed by atoms with Gasteiger partial charge in [-0.2, -0.15) is 0 Å². The molecule has 1 amide bonds. The summed E-state index contributed by atoms with van der Waals surface area (Å²) in [7, 11) is 0.379. The van der Waals surface area contributed by atoms with Gasteiger partial charge in [-0.05, 0) is 79.3 Å². The van der Waals surface area contributed by atoms with Crippen LogP contribution in [0.2, 0.25) is 5.02 Å². The van der Waals surface area contributed by atoms with Crippen molar-refractivity contribution in [3.8, 4) is 11.4 Å². The number of para-hydroxylation sites is 1. The van der Waals surface area contributed by atoms with Gasteiger partial charge in [0.1, 0.15) is 11.4 Å². The van der Waals surface area contributed by atoms with Crippen LogP contribution in [-0.4, -0.2) is 44.4 Å². The minimum Gasteiger partial charge on any atom is -0.497 e. The SMILES string of the molecule is COc1ccc2c(c1)CC(C(C)C)CN2C(=O)c1cc(S(=O)(=O)N(C)c2c(C)n(C)n(-c3ccccc3)c2=O)ccc1Cl. The first-order valence-electron chi connectivity index (χ1n) is 14.0. The topological polar surface area (TPSA) is 93.8 Å². The molecule has 1 aliphatic rings. The van der Waals surface area contributed by atoms with Gasteiger partial charge in [-0.15, -0.1) is 0 Å². The van der Waals surface area contributed by atoms with Crippen molar-refractivity contribution in [3.63, 3.8) is 0 Å². The lowest BCUT2D eigenvalue weighted by atomic mass is 9.84. The zero-order valence-electron chi connectivity index (χ0n) is 25.0. The van der Waals surface area contributed by atoms with Crippen molar-refractivity contribution >= 4 is 38.9 Å². The van der Waals surface area contributed by atoms with E-state index in [-0.39, 0.29) is 27.1 Å². The first-order valence-corrected chi connectivity index (χ1v) is 15.8. The number of carbonyl (C=O) groups excluding carboxylic acids is 1. The Kier molecular flexibility index (Phi) is 8.20. The van der Waals surface area contributed by atoms with Gasteiger partial charge in [0.2, 0.25) is 0 Å². The Labute approximate surface area is 256 Å². The van der Waals surface area contributed by atoms with Crippen molar-refractivity contribution in [1.82, 2.24) is 9.36 Å². The quantitative estimate of drug-likeness (QED) is 0.273. The minimum atomic E-state index is -4.26. The number of sulfonamides is 1. The van der Waals surface area contributed by atoms with E-state index in [0.717, 1.165) is 22.0 Å². The van der Waals surface area contributed by atoms with Crippen molar-refractivity contribution in [1.29, 1.82) is 0 Å². The maximum atomic E-state index is 14.1. The largest absolute Gasteiger partial charge is 0.497 e. The molecule has 0 spiro atoms. The van der Waals surface area contributed by atoms with E-state index in [1.807, 2.05) is 18.2 Å². The normalized spacial score (nSPS) is 15.0. The number of rotatable bonds is 7. The number of ether oxygens (including phenoxy) is 1. The zero-order valence-corrected chi connectivity index (χ0v) is 26.6. The zero-order chi connectivity index (χ0) is 31.2. The Balaban J connectivity index is 1.55. The molecule has 1 atom stereocenters. The van der Waals surface area contributed by atoms with Crippen LogP contribution in [0.15, 0.2) is 76.4 Å². The van der Waals surface area contributed by atoms with Crippen molar-refractivity contribution < 1.29 is 17.9 Å². The van der Waals surface area contributed by atoms with Crippen LogP contribution in [0.5, 0.6) is 5.75 Å². The lowest BCUT2D eigenvalue weighted by Crippen LogP contribution is -2.41. The van der Waals surface area contributed by atoms with E-state index in [1.165, 1.54) is 29.9 Å². The molecule has 0 radical (unpaired) electrons. The molecular weight excluding hydrogens is 588 g/mol. The predicted octanol–water partition coefficient (Wildman–Crippen LogP) is 5.45. The van der Waals surface area contributed by atoms with E-state index in [9.17, 15) is 18.0 Å². The van der Waals surface area contributed by atoms with E-state index in [2.05, 4.69) is 13.8 Å². The Morgan fingerprint density at radius 2 is 1.77 bits per heavy atom. The molecule has 0 saturated heterocycles. The van der Waals surface area contributed by atoms with Crippen LogP contribution in [-0.2, 0) is 23.5 Å². The molecule has 0 N–H and O–H groups in total. The summed E-state index contributed by atoms with van der Waals surface area (Å²) in [5.74, 6) is 0.795. The molecule has 0 saturated carbocycles. The number of halogens is 1. The van der Waals surface area contributed by atoms with Crippen LogP contribution >= 0.6 is 11.6 Å². The third-order valence-corrected chi connectivity index (χ3v) is 10.4. The second-order valence-electron chi connectivity index (χ2n) is 11.1. The number of anilines is 2. The highest BCUT2D eigenvalue weighted by Gasteiger charge is 2.34. The third kappa shape index (κ3) is 5.34. The number of methoxy groups -OCH3 is 1. The molecule has 11 heteroatoms. The van der Waals surface area contributed by atoms with Crippen LogP contribution in [0.1, 0.15) is 35.5 Å². The highest BCUT2D eigenvalue weighted by molar-refractivity contribution is 7.92. The number of nitrogens with zero attached hydrogens (tertiary/aromatic N) is 4. The number of benzene rings is 3. The molecular formula is C32H35ClN4O5S. The van der Waals surface area contributed by atoms with Gasteiger partial charge in [-0.3, -0.25) is 18.6 Å². The average Bonchev–Trinajstić information content (AvgIpc) is 3.22. The highest BCUT2D eigenvalue weighted by Crippen LogP contribution is 2.37. The minimum absolute atomic E-state index is 0.00728. The number of amides is 1. The van der Waals surface area contributed by atoms with Gasteiger partial charge < -0.3 is 9.64 Å². The molecule has 0 bridgehead atoms. The molecule has 0 fully saturated rings. The Bertz CT molecular complexity index is 1860. The molecule has 0 aliphatic carbocycles. The van der Waals surface area contributed by atoms with E-state index in [4.69, 9.17) is 16.3 Å². The molecule has 43 heavy (non-hydrogen) atoms. The fourth-order valence-electron chi connectivity index (χ4n) is 5.60. The van der Waals surface area contributed by atoms with E-state index >= 15 is 0 Å². The fraction of sp³-hybridized carbons (Fsp3) is 0.312. The molecule has 4 aromatic rings. The number of aromatic nitrogens is 2. The van der Waals surface area contributed by atoms with Gasteiger partial charge in [0.05, 0.1) is 34.0 Å². The molecule has 1 aliphatic heterocycles. The van der Waals surface area contributed by atoms with E-state index in [0.29, 0.717) is 29.6 Å². The van der Waals surface area contributed by atoms with Crippen LogP contribution in [0.25, 0.3) is 5.69 Å². The van der Waals surface area contributed by atoms with Crippen LogP contribution in [0.3, 0.4) is 0 Å². The standard InChI is InChI=1S/C32H35ClN4O5S/c1-20(2)23-16-22-17-25(42-6)12-15-29(22)36(19-23)31(38)27-18-26(13-14-28(27)33)43(40,41)35(5)30-21(3)34(4)37(32(30)39)24-10-8-7-9-11-24/h7-15,17-18,20,23H,16,19H2,1-6H3. The summed E-state index contributed by atoms with van der Waals surface area (Å²) in [6, 6.07) is 18.6. The Morgan fingerprint density at radius 3 is 2.42 bits per heavy atom. The summed E-state index contributed by atoms with van der Waals surface area (Å²) in [5, 5.41) is 0.135. The van der Waals surface area contributed by atoms with Crippen LogP contribution in [0, 0.1) is 18.8 Å². The third-order valence-electron chi connectivity index (χ3n) is 8.33. The summed E-state index contributed by atoms with van der Waals surface area (Å²) in [6.07, 6.45) is 0.790. The van der Waals surface area contributed by atoms with Crippen LogP contribution < -0.4 is 19.5 Å². The van der Waals surface area contributed by atoms with Gasteiger partial charge in [0, 0.05) is 26.3 Å². The van der Waals surface area contributed by atoms with Gasteiger partial charge in [0.25, 0.3) is 21.5 Å². The summed E-state index contributed by atoms with van der Waals surface area (Å²) < 4.78 is 37.3. The van der Waals surface area contributed by atoms with Crippen molar-refractivity contribution in [2.24, 2.45) is 18.9 Å². The lowest BCUT2D eigenvalue weighted by Gasteiger charge is -2.37. The first-order chi connectivity index (χ1) is 20.4. The number of fused-ring (bicyclic) bond motifs is 1. The molecule has 9 nitrogen and oxygen atoms in total. The Hall–Kier alpha value is -4.02. The maximum absolute atomic E-state index is 14.1. The second kappa shape index (κ2) is 11.6. The van der Waals surface area contributed by atoms with Crippen molar-refractivity contribution in [3.05, 3.63) is 98.9 Å². The summed E-state index contributed by atoms with van der Waals surface area (Å²) in [5.41, 5.74) is 2.38. The van der Waals surface area contributed by atoms with Gasteiger partial charge >= 0.3 is 0 Å². The van der Waals surface area contributed by atoms with Gasteiger partial charge in [0.15, 0.2) is 0 Å². The van der Waals surface area contributed by atoms with Gasteiger partial charge in [-0.25, -0.2) is 13.1 Å². The van der Waals surface area contributed by atoms with E-state index < -0.39 is 21.5 Å². The smallest absolute Gasteiger partial charge is 0.296 e. The number of carbonyl (C=O) groups is 1. The average molecular weight is 623 g/mol. The van der Waals surface area contributed by atoms with Gasteiger partial charge in [-0.1, -0.05) is 43.6 Å². The first kappa shape index (κ1) is 30.4. The fourth-order valence-corrected chi connectivity index (χ4v) is 7.08. The number of hydrogen-bond acceptors (Lipinski definition) is 5. The van der Waals surface area contributed by atoms with Crippen LogP contribution in [0.4, 0.5) is 11.4 Å². The van der Waals surface area contributed by atoms with Crippen molar-refractivity contribution in [2.75, 3.05) is 29.9 Å². The predicted molar refractivity (Wildman–Crippen MR) is 169 cm³/mol. The molecule has 1 aromatic heterocycles. The monoisotopic (exact) mass is 622 g/mol. The molecule has 1 unspecified atom stereocenters. The highest BCUT2D eigenvalue weighted by atomic mass is 35.5. The molecule has 226 valence electrons. The molecule has 5 rings (SSSR count). The molecule has 2 heterocycles. The lowest BCUT2D eigenvalue weighted by molar-refractivity contribution is 0.0977. The Morgan fingerprint density at radius 1 is 1.07 bits per heavy atom. The molecule has 3 aromatic carbocycles. The van der Waals surface area contributed by atoms with E-state index in [1.54, 1.807) is 61.0 Å². The summed E-state index contributed by atoms with van der Waals surface area (Å²) in [4.78, 5) is 29.2.